The zero-order valence-corrected chi connectivity index (χ0v) is 19.6. The summed E-state index contributed by atoms with van der Waals surface area (Å²) in [6.07, 6.45) is 0. The smallest absolute Gasteiger partial charge is 0.241 e. The molecule has 0 aliphatic rings. The number of aromatic nitrogens is 2. The van der Waals surface area contributed by atoms with Gasteiger partial charge in [0, 0.05) is 11.5 Å². The molecule has 0 fully saturated rings. The second-order valence-corrected chi connectivity index (χ2v) is 9.38. The lowest BCUT2D eigenvalue weighted by atomic mass is 10.0. The van der Waals surface area contributed by atoms with Crippen molar-refractivity contribution >= 4 is 32.7 Å². The van der Waals surface area contributed by atoms with Crippen LogP contribution in [0.2, 0.25) is 0 Å². The molecule has 0 aliphatic heterocycles. The van der Waals surface area contributed by atoms with Crippen LogP contribution in [-0.4, -0.2) is 44.6 Å². The van der Waals surface area contributed by atoms with E-state index in [1.54, 1.807) is 6.07 Å². The van der Waals surface area contributed by atoms with Gasteiger partial charge in [-0.15, -0.1) is 0 Å². The summed E-state index contributed by atoms with van der Waals surface area (Å²) in [6.45, 7) is 3.56. The number of benzene rings is 2. The van der Waals surface area contributed by atoms with Crippen molar-refractivity contribution in [3.8, 4) is 11.5 Å². The summed E-state index contributed by atoms with van der Waals surface area (Å²) in [5, 5.41) is 3.78. The van der Waals surface area contributed by atoms with Crippen molar-refractivity contribution in [2.75, 3.05) is 19.5 Å². The van der Waals surface area contributed by atoms with E-state index in [9.17, 15) is 13.2 Å². The molecule has 1 amide bonds. The van der Waals surface area contributed by atoms with Gasteiger partial charge in [0.2, 0.25) is 15.9 Å². The number of rotatable bonds is 10. The second-order valence-electron chi connectivity index (χ2n) is 7.62. The minimum Gasteiger partial charge on any atom is -0.493 e. The van der Waals surface area contributed by atoms with Gasteiger partial charge < -0.3 is 20.5 Å². The predicted molar refractivity (Wildman–Crippen MR) is 125 cm³/mol. The van der Waals surface area contributed by atoms with Gasteiger partial charge in [-0.3, -0.25) is 4.79 Å². The molecule has 4 N–H and O–H groups in total. The van der Waals surface area contributed by atoms with Crippen molar-refractivity contribution in [3.05, 3.63) is 48.3 Å². The summed E-state index contributed by atoms with van der Waals surface area (Å²) in [4.78, 5) is 20.8. The lowest BCUT2D eigenvalue weighted by molar-refractivity contribution is -0.119. The van der Waals surface area contributed by atoms with Gasteiger partial charge in [-0.1, -0.05) is 26.0 Å². The molecule has 1 aromatic heterocycles. The molecule has 0 spiro atoms. The standard InChI is InChI=1S/C22H27N5O5S/c1-13(2)20(21(23)28)27-22-15-7-5-6-8-16(15)25-19(26-22)12-24-33(29,30)14-9-10-17(31-3)18(11-14)32-4/h5-11,13,20,24H,12H2,1-4H3,(H2,23,28)(H,25,26,27)/t20-/m0/s1. The van der Waals surface area contributed by atoms with Gasteiger partial charge in [0.25, 0.3) is 0 Å². The Labute approximate surface area is 192 Å². The Morgan fingerprint density at radius 2 is 1.76 bits per heavy atom. The average molecular weight is 474 g/mol. The number of amides is 1. The Kier molecular flexibility index (Phi) is 7.34. The maximum absolute atomic E-state index is 12.8. The Balaban J connectivity index is 1.91. The van der Waals surface area contributed by atoms with E-state index in [-0.39, 0.29) is 23.2 Å². The van der Waals surface area contributed by atoms with Crippen LogP contribution in [0.15, 0.2) is 47.4 Å². The lowest BCUT2D eigenvalue weighted by Gasteiger charge is -2.21. The van der Waals surface area contributed by atoms with E-state index in [1.807, 2.05) is 32.0 Å². The Bertz CT molecular complexity index is 1260. The average Bonchev–Trinajstić information content (AvgIpc) is 2.80. The summed E-state index contributed by atoms with van der Waals surface area (Å²) < 4.78 is 38.5. The molecular weight excluding hydrogens is 446 g/mol. The SMILES string of the molecule is COc1ccc(S(=O)(=O)NCc2nc(N[C@H](C(N)=O)C(C)C)c3ccccc3n2)cc1OC. The van der Waals surface area contributed by atoms with E-state index in [0.717, 1.165) is 0 Å². The summed E-state index contributed by atoms with van der Waals surface area (Å²) in [5.41, 5.74) is 6.14. The summed E-state index contributed by atoms with van der Waals surface area (Å²) in [5.74, 6) is 0.747. The maximum Gasteiger partial charge on any atom is 0.241 e. The van der Waals surface area contributed by atoms with E-state index < -0.39 is 22.0 Å². The molecule has 11 heteroatoms. The highest BCUT2D eigenvalue weighted by Crippen LogP contribution is 2.29. The third-order valence-corrected chi connectivity index (χ3v) is 6.40. The molecular formula is C22H27N5O5S. The maximum atomic E-state index is 12.8. The second kappa shape index (κ2) is 10.0. The minimum atomic E-state index is -3.89. The van der Waals surface area contributed by atoms with Crippen molar-refractivity contribution in [1.82, 2.24) is 14.7 Å². The zero-order chi connectivity index (χ0) is 24.2. The molecule has 0 aliphatic carbocycles. The number of carbonyl (C=O) groups is 1. The first-order valence-electron chi connectivity index (χ1n) is 10.2. The number of nitrogens with one attached hydrogen (secondary N) is 2. The minimum absolute atomic E-state index is 0.00730. The summed E-state index contributed by atoms with van der Waals surface area (Å²) in [7, 11) is -0.999. The number of carbonyl (C=O) groups excluding carboxylic acids is 1. The van der Waals surface area contributed by atoms with Crippen LogP contribution in [0.4, 0.5) is 5.82 Å². The number of primary amides is 1. The summed E-state index contributed by atoms with van der Waals surface area (Å²) >= 11 is 0. The molecule has 1 heterocycles. The topological polar surface area (TPSA) is 146 Å². The Hall–Kier alpha value is -3.44. The fourth-order valence-corrected chi connectivity index (χ4v) is 4.25. The molecule has 0 saturated heterocycles. The third kappa shape index (κ3) is 5.49. The largest absolute Gasteiger partial charge is 0.493 e. The molecule has 3 aromatic rings. The molecule has 0 saturated carbocycles. The highest BCUT2D eigenvalue weighted by Gasteiger charge is 2.22. The normalized spacial score (nSPS) is 12.5. The molecule has 176 valence electrons. The molecule has 2 aromatic carbocycles. The van der Waals surface area contributed by atoms with Crippen molar-refractivity contribution in [2.45, 2.75) is 31.3 Å². The van der Waals surface area contributed by atoms with Crippen molar-refractivity contribution in [1.29, 1.82) is 0 Å². The number of methoxy groups -OCH3 is 2. The summed E-state index contributed by atoms with van der Waals surface area (Å²) in [6, 6.07) is 10.9. The van der Waals surface area contributed by atoms with Crippen LogP contribution in [0.25, 0.3) is 10.9 Å². The van der Waals surface area contributed by atoms with Crippen LogP contribution < -0.4 is 25.2 Å². The number of para-hydroxylation sites is 1. The van der Waals surface area contributed by atoms with Gasteiger partial charge in [-0.2, -0.15) is 0 Å². The van der Waals surface area contributed by atoms with Gasteiger partial charge in [0.05, 0.1) is 31.2 Å². The highest BCUT2D eigenvalue weighted by atomic mass is 32.2. The van der Waals surface area contributed by atoms with Gasteiger partial charge in [0.1, 0.15) is 17.7 Å². The van der Waals surface area contributed by atoms with Gasteiger partial charge >= 0.3 is 0 Å². The molecule has 0 radical (unpaired) electrons. The van der Waals surface area contributed by atoms with Crippen LogP contribution in [0, 0.1) is 5.92 Å². The van der Waals surface area contributed by atoms with E-state index in [4.69, 9.17) is 15.2 Å². The Morgan fingerprint density at radius 1 is 1.06 bits per heavy atom. The van der Waals surface area contributed by atoms with Crippen LogP contribution >= 0.6 is 0 Å². The first-order chi connectivity index (χ1) is 15.7. The van der Waals surface area contributed by atoms with Crippen molar-refractivity contribution in [2.24, 2.45) is 11.7 Å². The number of fused-ring (bicyclic) bond motifs is 1. The lowest BCUT2D eigenvalue weighted by Crippen LogP contribution is -2.40. The third-order valence-electron chi connectivity index (χ3n) is 5.00. The number of ether oxygens (including phenoxy) is 2. The zero-order valence-electron chi connectivity index (χ0n) is 18.8. The van der Waals surface area contributed by atoms with Crippen molar-refractivity contribution < 1.29 is 22.7 Å². The predicted octanol–water partition coefficient (Wildman–Crippen LogP) is 2.05. The van der Waals surface area contributed by atoms with E-state index in [2.05, 4.69) is 20.0 Å². The van der Waals surface area contributed by atoms with Crippen LogP contribution in [-0.2, 0) is 21.4 Å². The van der Waals surface area contributed by atoms with E-state index in [0.29, 0.717) is 28.2 Å². The van der Waals surface area contributed by atoms with Crippen LogP contribution in [0.1, 0.15) is 19.7 Å². The number of hydrogen-bond donors (Lipinski definition) is 3. The quantitative estimate of drug-likeness (QED) is 0.406. The van der Waals surface area contributed by atoms with Crippen molar-refractivity contribution in [3.63, 3.8) is 0 Å². The van der Waals surface area contributed by atoms with Gasteiger partial charge in [-0.25, -0.2) is 23.1 Å². The van der Waals surface area contributed by atoms with Gasteiger partial charge in [-0.05, 0) is 30.2 Å². The monoisotopic (exact) mass is 473 g/mol. The first-order valence-corrected chi connectivity index (χ1v) is 11.7. The number of hydrogen-bond acceptors (Lipinski definition) is 8. The molecule has 33 heavy (non-hydrogen) atoms. The number of anilines is 1. The highest BCUT2D eigenvalue weighted by molar-refractivity contribution is 7.89. The Morgan fingerprint density at radius 3 is 2.39 bits per heavy atom. The number of nitrogens with zero attached hydrogens (tertiary/aromatic N) is 2. The fourth-order valence-electron chi connectivity index (χ4n) is 3.25. The van der Waals surface area contributed by atoms with Gasteiger partial charge in [0.15, 0.2) is 11.5 Å². The van der Waals surface area contributed by atoms with E-state index >= 15 is 0 Å². The number of sulfonamides is 1. The van der Waals surface area contributed by atoms with E-state index in [1.165, 1.54) is 32.4 Å². The molecule has 0 unspecified atom stereocenters. The molecule has 10 nitrogen and oxygen atoms in total. The molecule has 1 atom stereocenters. The molecule has 0 bridgehead atoms. The fraction of sp³-hybridized carbons (Fsp3) is 0.318. The van der Waals surface area contributed by atoms with Crippen LogP contribution in [0.3, 0.4) is 0 Å². The number of nitrogens with two attached hydrogens (primary N) is 1. The van der Waals surface area contributed by atoms with Crippen LogP contribution in [0.5, 0.6) is 11.5 Å². The first kappa shape index (κ1) is 24.2. The molecule has 3 rings (SSSR count).